The van der Waals surface area contributed by atoms with Crippen LogP contribution in [-0.2, 0) is 14.3 Å². The number of nitrogens with zero attached hydrogens (tertiary/aromatic N) is 2. The van der Waals surface area contributed by atoms with Crippen LogP contribution in [0.2, 0.25) is 0 Å². The summed E-state index contributed by atoms with van der Waals surface area (Å²) >= 11 is 0. The lowest BCUT2D eigenvalue weighted by atomic mass is 9.85. The zero-order valence-electron chi connectivity index (χ0n) is 22.8. The number of hydrogen-bond donors (Lipinski definition) is 0. The van der Waals surface area contributed by atoms with Gasteiger partial charge < -0.3 is 4.74 Å². The largest absolute Gasteiger partial charge is 0.454 e. The number of imide groups is 1. The van der Waals surface area contributed by atoms with Gasteiger partial charge in [-0.05, 0) is 57.0 Å². The molecular formula is C34H28N2O5. The normalized spacial score (nSPS) is 18.0. The van der Waals surface area contributed by atoms with Crippen molar-refractivity contribution >= 4 is 40.2 Å². The summed E-state index contributed by atoms with van der Waals surface area (Å²) in [4.78, 5) is 58.0. The van der Waals surface area contributed by atoms with Gasteiger partial charge in [-0.25, -0.2) is 9.78 Å². The number of benzene rings is 3. The van der Waals surface area contributed by atoms with Gasteiger partial charge in [0.2, 0.25) is 11.8 Å². The number of Topliss-reactive ketones (excluding diaryl/α,β-unsaturated/α-hetero) is 1. The highest BCUT2D eigenvalue weighted by atomic mass is 16.5. The Morgan fingerprint density at radius 1 is 0.829 bits per heavy atom. The van der Waals surface area contributed by atoms with E-state index in [4.69, 9.17) is 9.72 Å². The van der Waals surface area contributed by atoms with Crippen LogP contribution in [0.3, 0.4) is 0 Å². The van der Waals surface area contributed by atoms with Gasteiger partial charge in [-0.3, -0.25) is 19.3 Å². The molecule has 7 heteroatoms. The molecule has 1 aromatic heterocycles. The van der Waals surface area contributed by atoms with Crippen LogP contribution >= 0.6 is 0 Å². The number of esters is 1. The second-order valence-corrected chi connectivity index (χ2v) is 10.7. The Kier molecular flexibility index (Phi) is 6.79. The van der Waals surface area contributed by atoms with Gasteiger partial charge in [0.05, 0.1) is 34.3 Å². The number of ether oxygens (including phenoxy) is 1. The third-order valence-corrected chi connectivity index (χ3v) is 7.82. The van der Waals surface area contributed by atoms with Gasteiger partial charge >= 0.3 is 5.97 Å². The third-order valence-electron chi connectivity index (χ3n) is 7.82. The molecule has 7 nitrogen and oxygen atoms in total. The number of rotatable bonds is 6. The summed E-state index contributed by atoms with van der Waals surface area (Å²) in [6, 6.07) is 21.4. The van der Waals surface area contributed by atoms with E-state index >= 15 is 0 Å². The maximum absolute atomic E-state index is 13.3. The quantitative estimate of drug-likeness (QED) is 0.128. The van der Waals surface area contributed by atoms with E-state index in [9.17, 15) is 19.2 Å². The summed E-state index contributed by atoms with van der Waals surface area (Å²) in [5.74, 6) is -1.84. The topological polar surface area (TPSA) is 93.6 Å². The van der Waals surface area contributed by atoms with Crippen molar-refractivity contribution < 1.29 is 23.9 Å². The first-order valence-corrected chi connectivity index (χ1v) is 13.6. The first-order valence-electron chi connectivity index (χ1n) is 13.6. The number of carbonyl (C=O) groups excluding carboxylic acids is 4. The minimum atomic E-state index is -0.620. The third kappa shape index (κ3) is 4.95. The highest BCUT2D eigenvalue weighted by Crippen LogP contribution is 2.38. The van der Waals surface area contributed by atoms with E-state index in [-0.39, 0.29) is 36.0 Å². The van der Waals surface area contributed by atoms with E-state index in [0.717, 1.165) is 11.1 Å². The molecule has 0 spiro atoms. The van der Waals surface area contributed by atoms with Crippen molar-refractivity contribution in [2.24, 2.45) is 11.8 Å². The van der Waals surface area contributed by atoms with Crippen LogP contribution in [0.15, 0.2) is 84.9 Å². The minimum Gasteiger partial charge on any atom is -0.454 e. The second-order valence-electron chi connectivity index (χ2n) is 10.7. The Hall–Kier alpha value is -4.91. The smallest absolute Gasteiger partial charge is 0.339 e. The standard InChI is InChI=1S/C34H28N2O5/c1-20-7-10-23(11-8-20)31(37)19-41-34(40)28-18-30(35-29-16-9-21(2)17-27(28)29)22-12-14-24(15-13-22)36-32(38)25-5-3-4-6-26(25)33(36)39/h3-4,7-18,25-26H,5-6,19H2,1-2H3/t25-,26-/m1/s1. The number of hydrogen-bond acceptors (Lipinski definition) is 6. The van der Waals surface area contributed by atoms with Gasteiger partial charge in [0.15, 0.2) is 12.4 Å². The number of pyridine rings is 1. The molecule has 0 radical (unpaired) electrons. The summed E-state index contributed by atoms with van der Waals surface area (Å²) in [6.45, 7) is 3.48. The van der Waals surface area contributed by atoms with E-state index < -0.39 is 5.97 Å². The lowest BCUT2D eigenvalue weighted by Crippen LogP contribution is -2.30. The summed E-state index contributed by atoms with van der Waals surface area (Å²) in [5.41, 5.74) is 5.13. The molecule has 6 rings (SSSR count). The number of aryl methyl sites for hydroxylation is 2. The Morgan fingerprint density at radius 2 is 1.46 bits per heavy atom. The fourth-order valence-electron chi connectivity index (χ4n) is 5.52. The maximum Gasteiger partial charge on any atom is 0.339 e. The number of amides is 2. The average Bonchev–Trinajstić information content (AvgIpc) is 3.25. The molecule has 204 valence electrons. The van der Waals surface area contributed by atoms with Crippen LogP contribution in [0.5, 0.6) is 0 Å². The van der Waals surface area contributed by atoms with E-state index in [0.29, 0.717) is 51.8 Å². The molecule has 4 aromatic rings. The van der Waals surface area contributed by atoms with Gasteiger partial charge in [-0.15, -0.1) is 0 Å². The zero-order chi connectivity index (χ0) is 28.7. The molecule has 0 saturated carbocycles. The highest BCUT2D eigenvalue weighted by molar-refractivity contribution is 6.22. The van der Waals surface area contributed by atoms with Crippen molar-refractivity contribution in [1.29, 1.82) is 0 Å². The molecule has 2 amide bonds. The molecule has 2 aliphatic rings. The van der Waals surface area contributed by atoms with Gasteiger partial charge in [-0.1, -0.05) is 65.7 Å². The Labute approximate surface area is 237 Å². The molecule has 41 heavy (non-hydrogen) atoms. The number of ketones is 1. The summed E-state index contributed by atoms with van der Waals surface area (Å²) in [7, 11) is 0. The summed E-state index contributed by atoms with van der Waals surface area (Å²) in [5, 5.41) is 0.627. The number of anilines is 1. The van der Waals surface area contributed by atoms with E-state index in [1.165, 1.54) is 4.90 Å². The molecular weight excluding hydrogens is 516 g/mol. The van der Waals surface area contributed by atoms with Gasteiger partial charge in [-0.2, -0.15) is 0 Å². The molecule has 0 unspecified atom stereocenters. The summed E-state index contributed by atoms with van der Waals surface area (Å²) in [6.07, 6.45) is 5.10. The van der Waals surface area contributed by atoms with Gasteiger partial charge in [0.1, 0.15) is 0 Å². The van der Waals surface area contributed by atoms with Crippen LogP contribution in [-0.4, -0.2) is 35.2 Å². The fourth-order valence-corrected chi connectivity index (χ4v) is 5.52. The predicted molar refractivity (Wildman–Crippen MR) is 156 cm³/mol. The van der Waals surface area contributed by atoms with Crippen LogP contribution in [0.4, 0.5) is 5.69 Å². The second kappa shape index (κ2) is 10.6. The van der Waals surface area contributed by atoms with Crippen molar-refractivity contribution in [2.75, 3.05) is 11.5 Å². The van der Waals surface area contributed by atoms with Crippen molar-refractivity contribution in [2.45, 2.75) is 26.7 Å². The lowest BCUT2D eigenvalue weighted by Gasteiger charge is -2.15. The van der Waals surface area contributed by atoms with E-state index in [2.05, 4.69) is 0 Å². The molecule has 2 atom stereocenters. The Bertz CT molecular complexity index is 1710. The number of fused-ring (bicyclic) bond motifs is 2. The van der Waals surface area contributed by atoms with Gasteiger partial charge in [0.25, 0.3) is 0 Å². The fraction of sp³-hybridized carbons (Fsp3) is 0.206. The zero-order valence-corrected chi connectivity index (χ0v) is 22.8. The molecule has 1 aliphatic carbocycles. The molecule has 3 aromatic carbocycles. The summed E-state index contributed by atoms with van der Waals surface area (Å²) < 4.78 is 5.47. The van der Waals surface area contributed by atoms with E-state index in [1.807, 2.05) is 56.3 Å². The van der Waals surface area contributed by atoms with Gasteiger partial charge in [0, 0.05) is 16.5 Å². The van der Waals surface area contributed by atoms with Crippen LogP contribution in [0, 0.1) is 25.7 Å². The molecule has 0 bridgehead atoms. The van der Waals surface area contributed by atoms with Crippen LogP contribution < -0.4 is 4.90 Å². The Morgan fingerprint density at radius 3 is 2.12 bits per heavy atom. The molecule has 1 saturated heterocycles. The first-order chi connectivity index (χ1) is 19.8. The molecule has 0 N–H and O–H groups in total. The Balaban J connectivity index is 1.28. The van der Waals surface area contributed by atoms with Crippen LogP contribution in [0.25, 0.3) is 22.2 Å². The predicted octanol–water partition coefficient (Wildman–Crippen LogP) is 6.01. The monoisotopic (exact) mass is 544 g/mol. The molecule has 2 heterocycles. The number of carbonyl (C=O) groups is 4. The van der Waals surface area contributed by atoms with E-state index in [1.54, 1.807) is 42.5 Å². The maximum atomic E-state index is 13.3. The highest BCUT2D eigenvalue weighted by Gasteiger charge is 2.47. The van der Waals surface area contributed by atoms with Crippen LogP contribution in [0.1, 0.15) is 44.7 Å². The van der Waals surface area contributed by atoms with Crippen molar-refractivity contribution in [3.8, 4) is 11.3 Å². The average molecular weight is 545 g/mol. The van der Waals surface area contributed by atoms with Crippen molar-refractivity contribution in [1.82, 2.24) is 4.98 Å². The molecule has 1 fully saturated rings. The number of aromatic nitrogens is 1. The lowest BCUT2D eigenvalue weighted by molar-refractivity contribution is -0.122. The number of allylic oxidation sites excluding steroid dienone is 2. The minimum absolute atomic E-state index is 0.165. The first kappa shape index (κ1) is 26.3. The SMILES string of the molecule is Cc1ccc(C(=O)COC(=O)c2cc(-c3ccc(N4C(=O)[C@@H]5CC=CC[C@H]5C4=O)cc3)nc3ccc(C)cc23)cc1. The van der Waals surface area contributed by atoms with Crippen molar-refractivity contribution in [3.63, 3.8) is 0 Å². The molecule has 1 aliphatic heterocycles. The van der Waals surface area contributed by atoms with Crippen molar-refractivity contribution in [3.05, 3.63) is 107 Å².